The minimum absolute atomic E-state index is 0.254. The summed E-state index contributed by atoms with van der Waals surface area (Å²) >= 11 is 1.34. The molecule has 0 unspecified atom stereocenters. The van der Waals surface area contributed by atoms with Gasteiger partial charge in [-0.1, -0.05) is 26.0 Å². The molecule has 0 spiro atoms. The summed E-state index contributed by atoms with van der Waals surface area (Å²) in [4.78, 5) is 17.0. The summed E-state index contributed by atoms with van der Waals surface area (Å²) < 4.78 is 32.4. The maximum atomic E-state index is 12.9. The highest BCUT2D eigenvalue weighted by Gasteiger charge is 2.22. The smallest absolute Gasteiger partial charge is 0.250 e. The Labute approximate surface area is 205 Å². The van der Waals surface area contributed by atoms with E-state index in [-0.39, 0.29) is 10.8 Å². The molecule has 0 bridgehead atoms. The van der Waals surface area contributed by atoms with Crippen molar-refractivity contribution >= 4 is 38.5 Å². The molecule has 0 aliphatic rings. The number of sulfonamides is 1. The zero-order chi connectivity index (χ0) is 24.6. The van der Waals surface area contributed by atoms with Crippen molar-refractivity contribution in [1.29, 1.82) is 0 Å². The van der Waals surface area contributed by atoms with Gasteiger partial charge < -0.3 is 4.74 Å². The van der Waals surface area contributed by atoms with E-state index in [2.05, 4.69) is 10.3 Å². The van der Waals surface area contributed by atoms with Gasteiger partial charge in [0, 0.05) is 30.1 Å². The van der Waals surface area contributed by atoms with Crippen LogP contribution in [0.5, 0.6) is 5.75 Å². The number of hydrogen-bond acceptors (Lipinski definition) is 6. The first-order chi connectivity index (χ1) is 16.4. The Morgan fingerprint density at radius 2 is 1.71 bits per heavy atom. The quantitative estimate of drug-likeness (QED) is 0.363. The minimum Gasteiger partial charge on any atom is -0.497 e. The van der Waals surface area contributed by atoms with Gasteiger partial charge in [-0.25, -0.2) is 13.4 Å². The van der Waals surface area contributed by atoms with E-state index in [0.717, 1.165) is 35.4 Å². The van der Waals surface area contributed by atoms with Gasteiger partial charge in [0.15, 0.2) is 5.13 Å². The molecule has 0 saturated heterocycles. The van der Waals surface area contributed by atoms with Gasteiger partial charge in [0.25, 0.3) is 0 Å². The fourth-order valence-corrected chi connectivity index (χ4v) is 5.64. The van der Waals surface area contributed by atoms with Gasteiger partial charge in [-0.3, -0.25) is 10.1 Å². The standard InChI is InChI=1S/C25H29N3O4S2/c1-4-16-28(17-5-2)34(30,31)22-13-6-19(7-14-22)8-15-24(29)27-25-26-23(18-33-25)20-9-11-21(32-3)12-10-20/h6-15,18H,4-5,16-17H2,1-3H3,(H,26,27,29)/b15-8-. The van der Waals surface area contributed by atoms with E-state index in [4.69, 9.17) is 4.74 Å². The normalized spacial score (nSPS) is 11.8. The second kappa shape index (κ2) is 11.9. The molecule has 0 atom stereocenters. The summed E-state index contributed by atoms with van der Waals surface area (Å²) in [6.07, 6.45) is 4.56. The lowest BCUT2D eigenvalue weighted by Crippen LogP contribution is -2.32. The largest absolute Gasteiger partial charge is 0.497 e. The first kappa shape index (κ1) is 25.6. The number of anilines is 1. The number of methoxy groups -OCH3 is 1. The van der Waals surface area contributed by atoms with Gasteiger partial charge in [0.05, 0.1) is 17.7 Å². The number of carbonyl (C=O) groups is 1. The summed E-state index contributed by atoms with van der Waals surface area (Å²) in [5.74, 6) is 0.451. The second-order valence-electron chi connectivity index (χ2n) is 7.56. The highest BCUT2D eigenvalue weighted by Crippen LogP contribution is 2.26. The van der Waals surface area contributed by atoms with E-state index >= 15 is 0 Å². The zero-order valence-electron chi connectivity index (χ0n) is 19.5. The number of thiazole rings is 1. The van der Waals surface area contributed by atoms with Gasteiger partial charge in [-0.2, -0.15) is 4.31 Å². The SMILES string of the molecule is CCCN(CCC)S(=O)(=O)c1ccc(/C=C\C(=O)Nc2nc(-c3ccc(OC)cc3)cs2)cc1. The molecule has 1 heterocycles. The van der Waals surface area contributed by atoms with Crippen molar-refractivity contribution in [3.63, 3.8) is 0 Å². The third-order valence-electron chi connectivity index (χ3n) is 5.01. The summed E-state index contributed by atoms with van der Waals surface area (Å²) in [6.45, 7) is 4.91. The third kappa shape index (κ3) is 6.53. The maximum Gasteiger partial charge on any atom is 0.250 e. The zero-order valence-corrected chi connectivity index (χ0v) is 21.2. The molecule has 1 N–H and O–H groups in total. The molecule has 0 saturated carbocycles. The van der Waals surface area contributed by atoms with Crippen LogP contribution >= 0.6 is 11.3 Å². The Morgan fingerprint density at radius 1 is 1.06 bits per heavy atom. The van der Waals surface area contributed by atoms with E-state index in [1.54, 1.807) is 37.5 Å². The Bertz CT molecular complexity index is 1210. The van der Waals surface area contributed by atoms with Gasteiger partial charge in [0.1, 0.15) is 5.75 Å². The number of rotatable bonds is 11. The molecular formula is C25H29N3O4S2. The Kier molecular flexibility index (Phi) is 8.98. The van der Waals surface area contributed by atoms with Crippen molar-refractivity contribution in [2.24, 2.45) is 0 Å². The van der Waals surface area contributed by atoms with Crippen molar-refractivity contribution < 1.29 is 17.9 Å². The van der Waals surface area contributed by atoms with Crippen LogP contribution in [0.4, 0.5) is 5.13 Å². The molecule has 0 fully saturated rings. The molecule has 34 heavy (non-hydrogen) atoms. The fraction of sp³-hybridized carbons (Fsp3) is 0.280. The topological polar surface area (TPSA) is 88.6 Å². The molecule has 0 aliphatic carbocycles. The number of carbonyl (C=O) groups excluding carboxylic acids is 1. The van der Waals surface area contributed by atoms with Crippen LogP contribution in [0.25, 0.3) is 17.3 Å². The fourth-order valence-electron chi connectivity index (χ4n) is 3.30. The predicted octanol–water partition coefficient (Wildman–Crippen LogP) is 5.28. The van der Waals surface area contributed by atoms with E-state index in [1.807, 2.05) is 43.5 Å². The molecule has 9 heteroatoms. The Hall–Kier alpha value is -3.01. The van der Waals surface area contributed by atoms with Crippen LogP contribution in [0.2, 0.25) is 0 Å². The number of benzene rings is 2. The van der Waals surface area contributed by atoms with Crippen LogP contribution in [0.3, 0.4) is 0 Å². The number of hydrogen-bond donors (Lipinski definition) is 1. The highest BCUT2D eigenvalue weighted by atomic mass is 32.2. The predicted molar refractivity (Wildman–Crippen MR) is 138 cm³/mol. The van der Waals surface area contributed by atoms with E-state index in [0.29, 0.717) is 18.2 Å². The van der Waals surface area contributed by atoms with Crippen LogP contribution in [0.1, 0.15) is 32.3 Å². The van der Waals surface area contributed by atoms with Gasteiger partial charge >= 0.3 is 0 Å². The molecular weight excluding hydrogens is 470 g/mol. The summed E-state index contributed by atoms with van der Waals surface area (Å²) in [5.41, 5.74) is 2.42. The number of nitrogens with zero attached hydrogens (tertiary/aromatic N) is 2. The van der Waals surface area contributed by atoms with Crippen LogP contribution in [-0.4, -0.2) is 43.8 Å². The number of nitrogens with one attached hydrogen (secondary N) is 1. The van der Waals surface area contributed by atoms with Crippen molar-refractivity contribution in [3.8, 4) is 17.0 Å². The van der Waals surface area contributed by atoms with E-state index in [9.17, 15) is 13.2 Å². The van der Waals surface area contributed by atoms with Crippen LogP contribution in [0.15, 0.2) is 64.9 Å². The first-order valence-corrected chi connectivity index (χ1v) is 13.4. The second-order valence-corrected chi connectivity index (χ2v) is 10.4. The van der Waals surface area contributed by atoms with Crippen molar-refractivity contribution in [1.82, 2.24) is 9.29 Å². The molecule has 7 nitrogen and oxygen atoms in total. The third-order valence-corrected chi connectivity index (χ3v) is 7.68. The maximum absolute atomic E-state index is 12.9. The molecule has 180 valence electrons. The highest BCUT2D eigenvalue weighted by molar-refractivity contribution is 7.89. The van der Waals surface area contributed by atoms with Crippen molar-refractivity contribution in [2.75, 3.05) is 25.5 Å². The monoisotopic (exact) mass is 499 g/mol. The molecule has 0 radical (unpaired) electrons. The number of ether oxygens (including phenoxy) is 1. The Morgan fingerprint density at radius 3 is 2.29 bits per heavy atom. The van der Waals surface area contributed by atoms with Crippen molar-refractivity contribution in [2.45, 2.75) is 31.6 Å². The molecule has 0 aliphatic heterocycles. The average Bonchev–Trinajstić information content (AvgIpc) is 3.31. The summed E-state index contributed by atoms with van der Waals surface area (Å²) in [6, 6.07) is 14.1. The van der Waals surface area contributed by atoms with Crippen LogP contribution in [0, 0.1) is 0 Å². The molecule has 1 aromatic heterocycles. The summed E-state index contributed by atoms with van der Waals surface area (Å²) in [5, 5.41) is 5.13. The lowest BCUT2D eigenvalue weighted by Gasteiger charge is -2.21. The van der Waals surface area contributed by atoms with Crippen LogP contribution < -0.4 is 10.1 Å². The van der Waals surface area contributed by atoms with Gasteiger partial charge in [-0.05, 0) is 60.9 Å². The Balaban J connectivity index is 1.62. The molecule has 3 rings (SSSR count). The lowest BCUT2D eigenvalue weighted by atomic mass is 10.2. The molecule has 1 amide bonds. The number of amides is 1. The molecule has 2 aromatic carbocycles. The molecule has 3 aromatic rings. The van der Waals surface area contributed by atoms with E-state index < -0.39 is 10.0 Å². The lowest BCUT2D eigenvalue weighted by molar-refractivity contribution is -0.111. The van der Waals surface area contributed by atoms with Gasteiger partial charge in [-0.15, -0.1) is 11.3 Å². The average molecular weight is 500 g/mol. The number of aromatic nitrogens is 1. The van der Waals surface area contributed by atoms with Crippen LogP contribution in [-0.2, 0) is 14.8 Å². The summed E-state index contributed by atoms with van der Waals surface area (Å²) in [7, 11) is -1.91. The van der Waals surface area contributed by atoms with Crippen molar-refractivity contribution in [3.05, 3.63) is 65.6 Å². The minimum atomic E-state index is -3.52. The van der Waals surface area contributed by atoms with Gasteiger partial charge in [0.2, 0.25) is 15.9 Å². The first-order valence-electron chi connectivity index (χ1n) is 11.1. The van der Waals surface area contributed by atoms with E-state index in [1.165, 1.54) is 21.7 Å².